The third-order valence-corrected chi connectivity index (χ3v) is 5.10. The number of nitrogens with one attached hydrogen (secondary N) is 4. The fourth-order valence-electron chi connectivity index (χ4n) is 3.16. The standard InChI is InChI=1S/C23H42N4O8/c1-5-35-22(31)17(11-8-10-16-25-19(28)12-7-6-9-15-24-2)26-23(32)27-18(21(30)34-4)13-14-20(29)33-3/h17-18,24H,5-16H2,1-4H3,(H,25,28)(H2,26,27,32). The first-order valence-corrected chi connectivity index (χ1v) is 12.1. The largest absolute Gasteiger partial charge is 0.469 e. The second-order valence-electron chi connectivity index (χ2n) is 7.87. The van der Waals surface area contributed by atoms with E-state index in [-0.39, 0.29) is 31.8 Å². The molecule has 0 aromatic heterocycles. The molecule has 12 nitrogen and oxygen atoms in total. The Labute approximate surface area is 207 Å². The van der Waals surface area contributed by atoms with Crippen molar-refractivity contribution in [2.45, 2.75) is 76.8 Å². The predicted molar refractivity (Wildman–Crippen MR) is 128 cm³/mol. The van der Waals surface area contributed by atoms with Crippen molar-refractivity contribution in [1.82, 2.24) is 21.3 Å². The molecule has 12 heteroatoms. The van der Waals surface area contributed by atoms with E-state index in [0.717, 1.165) is 32.9 Å². The predicted octanol–water partition coefficient (Wildman–Crippen LogP) is 0.778. The molecule has 0 saturated carbocycles. The molecule has 0 spiro atoms. The van der Waals surface area contributed by atoms with Crippen LogP contribution in [0.1, 0.15) is 64.7 Å². The van der Waals surface area contributed by atoms with E-state index in [0.29, 0.717) is 25.8 Å². The second kappa shape index (κ2) is 20.5. The van der Waals surface area contributed by atoms with Gasteiger partial charge in [-0.1, -0.05) is 6.42 Å². The van der Waals surface area contributed by atoms with E-state index in [1.807, 2.05) is 7.05 Å². The van der Waals surface area contributed by atoms with E-state index >= 15 is 0 Å². The van der Waals surface area contributed by atoms with E-state index in [2.05, 4.69) is 30.7 Å². The van der Waals surface area contributed by atoms with E-state index in [1.165, 1.54) is 7.11 Å². The molecule has 0 heterocycles. The van der Waals surface area contributed by atoms with E-state index in [9.17, 15) is 24.0 Å². The molecule has 0 aliphatic carbocycles. The van der Waals surface area contributed by atoms with E-state index in [1.54, 1.807) is 6.92 Å². The minimum absolute atomic E-state index is 0.00490. The molecule has 202 valence electrons. The van der Waals surface area contributed by atoms with Gasteiger partial charge in [-0.3, -0.25) is 9.59 Å². The summed E-state index contributed by atoms with van der Waals surface area (Å²) in [6.45, 7) is 3.21. The van der Waals surface area contributed by atoms with Crippen molar-refractivity contribution in [3.63, 3.8) is 0 Å². The summed E-state index contributed by atoms with van der Waals surface area (Å²) in [7, 11) is 4.28. The maximum absolute atomic E-state index is 12.4. The minimum Gasteiger partial charge on any atom is -0.469 e. The number of carbonyl (C=O) groups excluding carboxylic acids is 5. The monoisotopic (exact) mass is 502 g/mol. The third kappa shape index (κ3) is 16.4. The average molecular weight is 503 g/mol. The molecular weight excluding hydrogens is 460 g/mol. The number of methoxy groups -OCH3 is 2. The molecule has 35 heavy (non-hydrogen) atoms. The molecule has 0 radical (unpaired) electrons. The Bertz CT molecular complexity index is 659. The minimum atomic E-state index is -1.09. The molecule has 0 aromatic rings. The summed E-state index contributed by atoms with van der Waals surface area (Å²) in [4.78, 5) is 59.9. The average Bonchev–Trinajstić information content (AvgIpc) is 2.84. The van der Waals surface area contributed by atoms with Crippen LogP contribution in [0.25, 0.3) is 0 Å². The van der Waals surface area contributed by atoms with Crippen molar-refractivity contribution >= 4 is 29.8 Å². The number of urea groups is 1. The first kappa shape index (κ1) is 32.1. The third-order valence-electron chi connectivity index (χ3n) is 5.10. The van der Waals surface area contributed by atoms with E-state index in [4.69, 9.17) is 4.74 Å². The van der Waals surface area contributed by atoms with E-state index < -0.39 is 36.0 Å². The van der Waals surface area contributed by atoms with Crippen molar-refractivity contribution < 1.29 is 38.2 Å². The molecule has 0 bridgehead atoms. The van der Waals surface area contributed by atoms with Gasteiger partial charge in [0.05, 0.1) is 20.8 Å². The second-order valence-corrected chi connectivity index (χ2v) is 7.87. The summed E-state index contributed by atoms with van der Waals surface area (Å²) < 4.78 is 14.2. The molecule has 0 aliphatic heterocycles. The summed E-state index contributed by atoms with van der Waals surface area (Å²) in [5, 5.41) is 10.9. The van der Waals surface area contributed by atoms with Gasteiger partial charge < -0.3 is 35.5 Å². The number of carbonyl (C=O) groups is 5. The number of amides is 3. The normalized spacial score (nSPS) is 12.1. The lowest BCUT2D eigenvalue weighted by atomic mass is 10.1. The first-order valence-electron chi connectivity index (χ1n) is 12.1. The van der Waals surface area contributed by atoms with Crippen LogP contribution in [0.2, 0.25) is 0 Å². The summed E-state index contributed by atoms with van der Waals surface area (Å²) in [6, 6.07) is -2.79. The summed E-state index contributed by atoms with van der Waals surface area (Å²) >= 11 is 0. The number of hydrogen-bond donors (Lipinski definition) is 4. The molecule has 0 aromatic carbocycles. The Hall–Kier alpha value is -2.89. The Morgan fingerprint density at radius 1 is 0.743 bits per heavy atom. The van der Waals surface area contributed by atoms with Crippen LogP contribution in [0.15, 0.2) is 0 Å². The zero-order valence-corrected chi connectivity index (χ0v) is 21.4. The fraction of sp³-hybridized carbons (Fsp3) is 0.783. The van der Waals surface area contributed by atoms with Crippen LogP contribution >= 0.6 is 0 Å². The highest BCUT2D eigenvalue weighted by molar-refractivity contribution is 5.87. The van der Waals surface area contributed by atoms with Gasteiger partial charge in [-0.05, 0) is 59.0 Å². The Kier molecular flexibility index (Phi) is 18.8. The van der Waals surface area contributed by atoms with Crippen molar-refractivity contribution in [2.75, 3.05) is 41.0 Å². The van der Waals surface area contributed by atoms with Gasteiger partial charge in [0.25, 0.3) is 0 Å². The summed E-state index contributed by atoms with van der Waals surface area (Å²) in [5.41, 5.74) is 0. The summed E-state index contributed by atoms with van der Waals surface area (Å²) in [5.74, 6) is -1.87. The Balaban J connectivity index is 4.57. The quantitative estimate of drug-likeness (QED) is 0.114. The fourth-order valence-corrected chi connectivity index (χ4v) is 3.16. The number of rotatable bonds is 19. The van der Waals surface area contributed by atoms with Crippen molar-refractivity contribution in [3.8, 4) is 0 Å². The molecule has 4 N–H and O–H groups in total. The first-order chi connectivity index (χ1) is 16.8. The van der Waals surface area contributed by atoms with Gasteiger partial charge in [-0.2, -0.15) is 0 Å². The molecule has 0 saturated heterocycles. The molecule has 0 fully saturated rings. The van der Waals surface area contributed by atoms with Crippen molar-refractivity contribution in [2.24, 2.45) is 0 Å². The zero-order valence-electron chi connectivity index (χ0n) is 21.4. The van der Waals surface area contributed by atoms with Gasteiger partial charge in [0, 0.05) is 19.4 Å². The maximum Gasteiger partial charge on any atom is 0.328 e. The number of unbranched alkanes of at least 4 members (excludes halogenated alkanes) is 3. The van der Waals surface area contributed by atoms with Crippen LogP contribution in [-0.2, 0) is 33.4 Å². The highest BCUT2D eigenvalue weighted by Gasteiger charge is 2.26. The van der Waals surface area contributed by atoms with Crippen LogP contribution in [0, 0.1) is 0 Å². The summed E-state index contributed by atoms with van der Waals surface area (Å²) in [6.07, 6.45) is 4.68. The van der Waals surface area contributed by atoms with Crippen LogP contribution in [-0.4, -0.2) is 82.9 Å². The highest BCUT2D eigenvalue weighted by Crippen LogP contribution is 2.06. The lowest BCUT2D eigenvalue weighted by molar-refractivity contribution is -0.145. The van der Waals surface area contributed by atoms with Gasteiger partial charge in [-0.15, -0.1) is 0 Å². The van der Waals surface area contributed by atoms with Crippen LogP contribution in [0.4, 0.5) is 4.79 Å². The van der Waals surface area contributed by atoms with Gasteiger partial charge >= 0.3 is 23.9 Å². The van der Waals surface area contributed by atoms with Crippen LogP contribution < -0.4 is 21.3 Å². The van der Waals surface area contributed by atoms with Gasteiger partial charge in [0.1, 0.15) is 12.1 Å². The van der Waals surface area contributed by atoms with Crippen LogP contribution in [0.3, 0.4) is 0 Å². The number of ether oxygens (including phenoxy) is 3. The molecule has 0 rings (SSSR count). The van der Waals surface area contributed by atoms with Gasteiger partial charge in [-0.25, -0.2) is 14.4 Å². The zero-order chi connectivity index (χ0) is 26.5. The van der Waals surface area contributed by atoms with Crippen LogP contribution in [0.5, 0.6) is 0 Å². The Morgan fingerprint density at radius 2 is 1.40 bits per heavy atom. The molecule has 0 aliphatic rings. The van der Waals surface area contributed by atoms with Gasteiger partial charge in [0.2, 0.25) is 5.91 Å². The SMILES string of the molecule is CCOC(=O)C(CCCCNC(=O)CCCCCNC)NC(=O)NC(CCC(=O)OC)C(=O)OC. The highest BCUT2D eigenvalue weighted by atomic mass is 16.5. The maximum atomic E-state index is 12.4. The topological polar surface area (TPSA) is 161 Å². The molecular formula is C23H42N4O8. The molecule has 2 unspecified atom stereocenters. The molecule has 2 atom stereocenters. The lowest BCUT2D eigenvalue weighted by Gasteiger charge is -2.20. The van der Waals surface area contributed by atoms with Gasteiger partial charge in [0.15, 0.2) is 0 Å². The smallest absolute Gasteiger partial charge is 0.328 e. The number of hydrogen-bond acceptors (Lipinski definition) is 9. The van der Waals surface area contributed by atoms with Crippen molar-refractivity contribution in [1.29, 1.82) is 0 Å². The Morgan fingerprint density at radius 3 is 2.00 bits per heavy atom. The van der Waals surface area contributed by atoms with Crippen molar-refractivity contribution in [3.05, 3.63) is 0 Å². The lowest BCUT2D eigenvalue weighted by Crippen LogP contribution is -2.51. The molecule has 3 amide bonds. The number of esters is 3.